The van der Waals surface area contributed by atoms with Crippen molar-refractivity contribution in [1.29, 1.82) is 0 Å². The molecule has 1 fully saturated rings. The fraction of sp³-hybridized carbons (Fsp3) is 0.480. The monoisotopic (exact) mass is 507 g/mol. The van der Waals surface area contributed by atoms with Gasteiger partial charge >= 0.3 is 6.36 Å². The van der Waals surface area contributed by atoms with Gasteiger partial charge in [-0.2, -0.15) is 0 Å². The average molecular weight is 508 g/mol. The van der Waals surface area contributed by atoms with Gasteiger partial charge in [0.25, 0.3) is 11.8 Å². The lowest BCUT2D eigenvalue weighted by molar-refractivity contribution is -0.274. The van der Waals surface area contributed by atoms with Gasteiger partial charge in [0.05, 0.1) is 4.91 Å². The first-order valence-corrected chi connectivity index (χ1v) is 12.6. The number of piperidine rings is 1. The molecule has 6 nitrogen and oxygen atoms in total. The largest absolute Gasteiger partial charge is 0.573 e. The number of nitrogens with one attached hydrogen (secondary N) is 1. The maximum absolute atomic E-state index is 12.7. The van der Waals surface area contributed by atoms with Gasteiger partial charge in [-0.25, -0.2) is 0 Å². The van der Waals surface area contributed by atoms with Crippen molar-refractivity contribution in [3.05, 3.63) is 51.9 Å². The zero-order valence-corrected chi connectivity index (χ0v) is 20.0. The van der Waals surface area contributed by atoms with Crippen LogP contribution in [0.15, 0.2) is 51.3 Å². The zero-order chi connectivity index (χ0) is 24.8. The van der Waals surface area contributed by atoms with Crippen molar-refractivity contribution in [1.82, 2.24) is 10.2 Å². The second-order valence-corrected chi connectivity index (χ2v) is 10.0. The summed E-state index contributed by atoms with van der Waals surface area (Å²) in [5, 5.41) is 3.01. The number of hydrogen-bond acceptors (Lipinski definition) is 5. The Morgan fingerprint density at radius 1 is 1.14 bits per heavy atom. The summed E-state index contributed by atoms with van der Waals surface area (Å²) in [6.45, 7) is 1.91. The van der Waals surface area contributed by atoms with Crippen LogP contribution in [0.5, 0.6) is 5.75 Å². The second-order valence-electron chi connectivity index (χ2n) is 8.90. The smallest absolute Gasteiger partial charge is 0.406 e. The number of hydrogen-bond donors (Lipinski definition) is 1. The molecule has 1 aromatic rings. The molecule has 1 saturated heterocycles. The van der Waals surface area contributed by atoms with E-state index in [1.54, 1.807) is 4.90 Å². The van der Waals surface area contributed by atoms with E-state index in [9.17, 15) is 22.8 Å². The van der Waals surface area contributed by atoms with E-state index in [0.29, 0.717) is 37.0 Å². The average Bonchev–Trinajstić information content (AvgIpc) is 3.28. The van der Waals surface area contributed by atoms with Crippen LogP contribution in [0.25, 0.3) is 0 Å². The van der Waals surface area contributed by atoms with Crippen molar-refractivity contribution in [2.45, 2.75) is 44.9 Å². The molecule has 1 unspecified atom stereocenters. The molecule has 3 aliphatic rings. The zero-order valence-electron chi connectivity index (χ0n) is 19.2. The van der Waals surface area contributed by atoms with E-state index in [-0.39, 0.29) is 17.6 Å². The van der Waals surface area contributed by atoms with Crippen LogP contribution in [-0.2, 0) is 4.79 Å². The molecule has 3 aliphatic heterocycles. The van der Waals surface area contributed by atoms with Gasteiger partial charge in [-0.05, 0) is 55.9 Å². The van der Waals surface area contributed by atoms with Gasteiger partial charge in [0.1, 0.15) is 5.75 Å². The molecule has 1 N–H and O–H groups in total. The topological polar surface area (TPSA) is 71.0 Å². The molecule has 188 valence electrons. The minimum Gasteiger partial charge on any atom is -0.406 e. The van der Waals surface area contributed by atoms with Crippen molar-refractivity contribution in [2.24, 2.45) is 16.8 Å². The number of allylic oxidation sites excluding steroid dienone is 2. The highest BCUT2D eigenvalue weighted by Crippen LogP contribution is 2.42. The predicted octanol–water partition coefficient (Wildman–Crippen LogP) is 5.29. The summed E-state index contributed by atoms with van der Waals surface area (Å²) in [6, 6.07) is 5.05. The number of likely N-dealkylation sites (tertiary alicyclic amines) is 1. The van der Waals surface area contributed by atoms with E-state index in [0.717, 1.165) is 60.5 Å². The van der Waals surface area contributed by atoms with Crippen molar-refractivity contribution in [2.75, 3.05) is 19.6 Å². The van der Waals surface area contributed by atoms with E-state index in [4.69, 9.17) is 0 Å². The van der Waals surface area contributed by atoms with Gasteiger partial charge in [-0.15, -0.1) is 13.2 Å². The van der Waals surface area contributed by atoms with E-state index < -0.39 is 6.36 Å². The Balaban J connectivity index is 1.11. The number of carbonyl (C=O) groups excluding carboxylic acids is 2. The number of carbonyl (C=O) groups is 2. The Bertz CT molecular complexity index is 1010. The first-order chi connectivity index (χ1) is 16.8. The molecule has 4 rings (SSSR count). The Morgan fingerprint density at radius 3 is 2.57 bits per heavy atom. The van der Waals surface area contributed by atoms with Crippen LogP contribution in [0.3, 0.4) is 0 Å². The quantitative estimate of drug-likeness (QED) is 0.486. The molecule has 10 heteroatoms. The summed E-state index contributed by atoms with van der Waals surface area (Å²) >= 11 is 1.51. The Kier molecular flexibility index (Phi) is 8.20. The highest BCUT2D eigenvalue weighted by atomic mass is 32.2. The van der Waals surface area contributed by atoms with Crippen molar-refractivity contribution >= 4 is 29.8 Å². The van der Waals surface area contributed by atoms with Crippen LogP contribution >= 0.6 is 11.8 Å². The lowest BCUT2D eigenvalue weighted by Crippen LogP contribution is -2.38. The third-order valence-corrected chi connectivity index (χ3v) is 7.58. The van der Waals surface area contributed by atoms with E-state index >= 15 is 0 Å². The number of fused-ring (bicyclic) bond motifs is 1. The summed E-state index contributed by atoms with van der Waals surface area (Å²) < 4.78 is 40.7. The third-order valence-electron chi connectivity index (χ3n) is 6.40. The molecule has 0 bridgehead atoms. The molecule has 0 spiro atoms. The highest BCUT2D eigenvalue weighted by molar-refractivity contribution is 8.07. The Hall–Kier alpha value is -2.75. The van der Waals surface area contributed by atoms with Gasteiger partial charge in [0.15, 0.2) is 0 Å². The number of amides is 2. The van der Waals surface area contributed by atoms with Crippen LogP contribution in [0.4, 0.5) is 13.2 Å². The molecule has 0 radical (unpaired) electrons. The number of ether oxygens (including phenoxy) is 1. The van der Waals surface area contributed by atoms with Crippen molar-refractivity contribution in [3.8, 4) is 5.75 Å². The molecule has 2 amide bonds. The van der Waals surface area contributed by atoms with Crippen LogP contribution < -0.4 is 10.1 Å². The minimum atomic E-state index is -4.75. The SMILES string of the molecule is O=C(NCCCCC1CCN(C(=O)c2ccc(OC(F)(F)F)cc2)CC1)C1=CC2CC=NC=C2S1. The molecule has 35 heavy (non-hydrogen) atoms. The fourth-order valence-corrected chi connectivity index (χ4v) is 5.56. The number of halogens is 3. The normalized spacial score (nSPS) is 20.2. The van der Waals surface area contributed by atoms with Crippen molar-refractivity contribution in [3.63, 3.8) is 0 Å². The number of unbranched alkanes of at least 4 members (excludes halogenated alkanes) is 1. The van der Waals surface area contributed by atoms with E-state index in [1.807, 2.05) is 18.5 Å². The summed E-state index contributed by atoms with van der Waals surface area (Å²) in [5.41, 5.74) is 0.354. The molecular weight excluding hydrogens is 479 g/mol. The summed E-state index contributed by atoms with van der Waals surface area (Å²) in [5.74, 6) is 0.285. The van der Waals surface area contributed by atoms with Crippen LogP contribution in [0.2, 0.25) is 0 Å². The Morgan fingerprint density at radius 2 is 1.89 bits per heavy atom. The first-order valence-electron chi connectivity index (χ1n) is 11.8. The van der Waals surface area contributed by atoms with Gasteiger partial charge in [0, 0.05) is 48.4 Å². The number of alkyl halides is 3. The third kappa shape index (κ3) is 7.13. The molecule has 0 aromatic heterocycles. The minimum absolute atomic E-state index is 0.0184. The van der Waals surface area contributed by atoms with Crippen LogP contribution in [0.1, 0.15) is 48.9 Å². The molecule has 1 aromatic carbocycles. The number of rotatable bonds is 8. The maximum atomic E-state index is 12.7. The summed E-state index contributed by atoms with van der Waals surface area (Å²) in [6.07, 6.45) is 6.59. The van der Waals surface area contributed by atoms with Crippen LogP contribution in [-0.4, -0.2) is 48.9 Å². The predicted molar refractivity (Wildman–Crippen MR) is 129 cm³/mol. The Labute approximate surface area is 206 Å². The fourth-order valence-electron chi connectivity index (χ4n) is 4.48. The van der Waals surface area contributed by atoms with Crippen molar-refractivity contribution < 1.29 is 27.5 Å². The van der Waals surface area contributed by atoms with Gasteiger partial charge in [-0.3, -0.25) is 14.6 Å². The van der Waals surface area contributed by atoms with Gasteiger partial charge in [0.2, 0.25) is 0 Å². The van der Waals surface area contributed by atoms with E-state index in [2.05, 4.69) is 15.0 Å². The molecular formula is C25H28F3N3O3S. The molecule has 0 saturated carbocycles. The van der Waals surface area contributed by atoms with E-state index in [1.165, 1.54) is 23.9 Å². The highest BCUT2D eigenvalue weighted by Gasteiger charge is 2.31. The second kappa shape index (κ2) is 11.3. The molecule has 3 heterocycles. The molecule has 1 atom stereocenters. The number of nitrogens with zero attached hydrogens (tertiary/aromatic N) is 2. The molecule has 0 aliphatic carbocycles. The number of aliphatic imine (C=N–C) groups is 1. The van der Waals surface area contributed by atoms with Gasteiger partial charge < -0.3 is 15.0 Å². The maximum Gasteiger partial charge on any atom is 0.573 e. The lowest BCUT2D eigenvalue weighted by atomic mass is 9.91. The van der Waals surface area contributed by atoms with Gasteiger partial charge in [-0.1, -0.05) is 30.7 Å². The number of thioether (sulfide) groups is 1. The summed E-state index contributed by atoms with van der Waals surface area (Å²) in [4.78, 5) is 32.8. The number of benzene rings is 1. The first kappa shape index (κ1) is 25.3. The standard InChI is InChI=1S/C25H28F3N3O3S/c26-25(27,28)34-20-6-4-18(5-7-20)24(33)31-13-9-17(10-14-31)3-1-2-11-30-23(32)21-15-19-8-12-29-16-22(19)35-21/h4-7,12,15-17,19H,1-3,8-11,13-14H2,(H,30,32). The lowest BCUT2D eigenvalue weighted by Gasteiger charge is -2.32. The summed E-state index contributed by atoms with van der Waals surface area (Å²) in [7, 11) is 0. The van der Waals surface area contributed by atoms with Crippen LogP contribution in [0, 0.1) is 11.8 Å².